The van der Waals surface area contributed by atoms with Crippen LogP contribution in [0.2, 0.25) is 0 Å². The largest absolute Gasteiger partial charge is 0.339 e. The summed E-state index contributed by atoms with van der Waals surface area (Å²) in [6, 6.07) is 15.4. The summed E-state index contributed by atoms with van der Waals surface area (Å²) in [5, 5.41) is 0. The van der Waals surface area contributed by atoms with Crippen LogP contribution >= 0.6 is 0 Å². The summed E-state index contributed by atoms with van der Waals surface area (Å²) in [5.41, 5.74) is 7.02. The number of benzene rings is 2. The van der Waals surface area contributed by atoms with Crippen LogP contribution in [0.15, 0.2) is 59.5 Å². The summed E-state index contributed by atoms with van der Waals surface area (Å²) in [4.78, 5) is 14.7. The zero-order chi connectivity index (χ0) is 17.9. The van der Waals surface area contributed by atoms with Gasteiger partial charge in [-0.25, -0.2) is 8.42 Å². The van der Waals surface area contributed by atoms with E-state index in [-0.39, 0.29) is 22.6 Å². The lowest BCUT2D eigenvalue weighted by Crippen LogP contribution is -2.42. The lowest BCUT2D eigenvalue weighted by molar-refractivity contribution is 0.0714. The molecule has 3 rings (SSSR count). The normalized spacial score (nSPS) is 16.0. The van der Waals surface area contributed by atoms with Gasteiger partial charge in [0.1, 0.15) is 0 Å². The third-order valence-electron chi connectivity index (χ3n) is 4.46. The van der Waals surface area contributed by atoms with E-state index < -0.39 is 9.84 Å². The Morgan fingerprint density at radius 1 is 1.04 bits per heavy atom. The number of sulfone groups is 1. The minimum atomic E-state index is -3.43. The average molecular weight is 358 g/mol. The molecule has 0 spiro atoms. The molecule has 0 saturated carbocycles. The highest BCUT2D eigenvalue weighted by Crippen LogP contribution is 2.18. The number of nitrogens with zero attached hydrogens (tertiary/aromatic N) is 1. The highest BCUT2D eigenvalue weighted by Gasteiger charge is 2.22. The van der Waals surface area contributed by atoms with E-state index in [9.17, 15) is 13.2 Å². The van der Waals surface area contributed by atoms with E-state index in [2.05, 4.69) is 0 Å². The number of carbonyl (C=O) groups is 1. The predicted octanol–water partition coefficient (Wildman–Crippen LogP) is 2.22. The van der Waals surface area contributed by atoms with Crippen LogP contribution in [0, 0.1) is 0 Å². The summed E-state index contributed by atoms with van der Waals surface area (Å²) in [7, 11) is -3.43. The second-order valence-electron chi connectivity index (χ2n) is 6.40. The first-order valence-electron chi connectivity index (χ1n) is 8.37. The van der Waals surface area contributed by atoms with Gasteiger partial charge in [0.05, 0.1) is 10.6 Å². The maximum Gasteiger partial charge on any atom is 0.253 e. The number of hydrogen-bond acceptors (Lipinski definition) is 4. The Kier molecular flexibility index (Phi) is 5.20. The number of carbonyl (C=O) groups excluding carboxylic acids is 1. The first-order valence-corrected chi connectivity index (χ1v) is 10.0. The Bertz CT molecular complexity index is 842. The zero-order valence-corrected chi connectivity index (χ0v) is 14.8. The molecule has 1 fully saturated rings. The molecular formula is C19H22N2O3S. The number of hydrogen-bond donors (Lipinski definition) is 1. The third kappa shape index (κ3) is 4.27. The van der Waals surface area contributed by atoms with Gasteiger partial charge in [-0.05, 0) is 42.7 Å². The molecule has 1 aliphatic heterocycles. The molecule has 5 nitrogen and oxygen atoms in total. The van der Waals surface area contributed by atoms with Crippen LogP contribution < -0.4 is 5.73 Å². The van der Waals surface area contributed by atoms with Crippen LogP contribution in [-0.4, -0.2) is 38.4 Å². The minimum absolute atomic E-state index is 0.0640. The second-order valence-corrected chi connectivity index (χ2v) is 8.39. The molecular weight excluding hydrogens is 336 g/mol. The van der Waals surface area contributed by atoms with E-state index in [1.807, 2.05) is 0 Å². The molecule has 2 N–H and O–H groups in total. The zero-order valence-electron chi connectivity index (χ0n) is 14.0. The van der Waals surface area contributed by atoms with E-state index in [0.717, 1.165) is 12.8 Å². The van der Waals surface area contributed by atoms with Gasteiger partial charge >= 0.3 is 0 Å². The molecule has 0 aromatic heterocycles. The van der Waals surface area contributed by atoms with Gasteiger partial charge in [-0.3, -0.25) is 4.79 Å². The van der Waals surface area contributed by atoms with Crippen molar-refractivity contribution in [2.75, 3.05) is 13.1 Å². The molecule has 2 aromatic rings. The van der Waals surface area contributed by atoms with Crippen LogP contribution in [0.5, 0.6) is 0 Å². The van der Waals surface area contributed by atoms with Gasteiger partial charge in [-0.15, -0.1) is 0 Å². The molecule has 2 aromatic carbocycles. The van der Waals surface area contributed by atoms with Gasteiger partial charge in [0, 0.05) is 24.7 Å². The van der Waals surface area contributed by atoms with Crippen molar-refractivity contribution in [1.82, 2.24) is 4.90 Å². The van der Waals surface area contributed by atoms with Gasteiger partial charge in [-0.1, -0.05) is 30.3 Å². The number of rotatable bonds is 4. The molecule has 6 heteroatoms. The topological polar surface area (TPSA) is 80.5 Å². The molecule has 1 heterocycles. The van der Waals surface area contributed by atoms with E-state index in [1.54, 1.807) is 59.5 Å². The van der Waals surface area contributed by atoms with Gasteiger partial charge in [0.25, 0.3) is 5.91 Å². The quantitative estimate of drug-likeness (QED) is 0.909. The van der Waals surface area contributed by atoms with E-state index in [4.69, 9.17) is 5.73 Å². The van der Waals surface area contributed by atoms with Gasteiger partial charge in [-0.2, -0.15) is 0 Å². The molecule has 1 saturated heterocycles. The van der Waals surface area contributed by atoms with Crippen molar-refractivity contribution in [2.45, 2.75) is 29.5 Å². The minimum Gasteiger partial charge on any atom is -0.339 e. The number of piperidine rings is 1. The maximum atomic E-state index is 12.6. The Hall–Kier alpha value is -2.18. The molecule has 0 bridgehead atoms. The summed E-state index contributed by atoms with van der Waals surface area (Å²) in [5.74, 6) is -0.186. The second kappa shape index (κ2) is 7.37. The first kappa shape index (κ1) is 17.6. The fourth-order valence-electron chi connectivity index (χ4n) is 3.01. The smallest absolute Gasteiger partial charge is 0.253 e. The third-order valence-corrected chi connectivity index (χ3v) is 6.16. The standard InChI is InChI=1S/C19H22N2O3S/c20-17-9-11-21(12-10-17)19(22)16-6-4-5-15(13-16)14-25(23,24)18-7-2-1-3-8-18/h1-8,13,17H,9-12,14,20H2. The summed E-state index contributed by atoms with van der Waals surface area (Å²) in [6.45, 7) is 1.29. The van der Waals surface area contributed by atoms with Crippen LogP contribution in [-0.2, 0) is 15.6 Å². The van der Waals surface area contributed by atoms with Gasteiger partial charge in [0.15, 0.2) is 9.84 Å². The summed E-state index contributed by atoms with van der Waals surface area (Å²) >= 11 is 0. The average Bonchev–Trinajstić information content (AvgIpc) is 2.62. The van der Waals surface area contributed by atoms with E-state index in [1.165, 1.54) is 0 Å². The van der Waals surface area contributed by atoms with Crippen molar-refractivity contribution >= 4 is 15.7 Å². The lowest BCUT2D eigenvalue weighted by atomic mass is 10.0. The lowest BCUT2D eigenvalue weighted by Gasteiger charge is -2.30. The van der Waals surface area contributed by atoms with Crippen LogP contribution in [0.4, 0.5) is 0 Å². The Balaban J connectivity index is 1.77. The van der Waals surface area contributed by atoms with Crippen molar-refractivity contribution in [1.29, 1.82) is 0 Å². The Morgan fingerprint density at radius 3 is 2.40 bits per heavy atom. The number of likely N-dealkylation sites (tertiary alicyclic amines) is 1. The van der Waals surface area contributed by atoms with Crippen LogP contribution in [0.3, 0.4) is 0 Å². The Morgan fingerprint density at radius 2 is 1.72 bits per heavy atom. The molecule has 1 amide bonds. The summed E-state index contributed by atoms with van der Waals surface area (Å²) < 4.78 is 25.0. The van der Waals surface area contributed by atoms with Crippen molar-refractivity contribution in [3.63, 3.8) is 0 Å². The van der Waals surface area contributed by atoms with E-state index >= 15 is 0 Å². The number of nitrogens with two attached hydrogens (primary N) is 1. The predicted molar refractivity (Wildman–Crippen MR) is 96.9 cm³/mol. The molecule has 0 aliphatic carbocycles. The van der Waals surface area contributed by atoms with Crippen LogP contribution in [0.1, 0.15) is 28.8 Å². The van der Waals surface area contributed by atoms with Crippen LogP contribution in [0.25, 0.3) is 0 Å². The van der Waals surface area contributed by atoms with Crippen molar-refractivity contribution in [2.24, 2.45) is 5.73 Å². The first-order chi connectivity index (χ1) is 12.0. The van der Waals surface area contributed by atoms with Gasteiger partial charge in [0.2, 0.25) is 0 Å². The molecule has 132 valence electrons. The Labute approximate surface area is 148 Å². The molecule has 0 atom stereocenters. The fraction of sp³-hybridized carbons (Fsp3) is 0.316. The molecule has 1 aliphatic rings. The highest BCUT2D eigenvalue weighted by molar-refractivity contribution is 7.90. The summed E-state index contributed by atoms with van der Waals surface area (Å²) in [6.07, 6.45) is 1.60. The van der Waals surface area contributed by atoms with Crippen molar-refractivity contribution < 1.29 is 13.2 Å². The maximum absolute atomic E-state index is 12.6. The SMILES string of the molecule is NC1CCN(C(=O)c2cccc(CS(=O)(=O)c3ccccc3)c2)CC1. The fourth-order valence-corrected chi connectivity index (χ4v) is 4.37. The molecule has 25 heavy (non-hydrogen) atoms. The van der Waals surface area contributed by atoms with Crippen molar-refractivity contribution in [3.8, 4) is 0 Å². The molecule has 0 radical (unpaired) electrons. The highest BCUT2D eigenvalue weighted by atomic mass is 32.2. The van der Waals surface area contributed by atoms with Crippen molar-refractivity contribution in [3.05, 3.63) is 65.7 Å². The van der Waals surface area contributed by atoms with Gasteiger partial charge < -0.3 is 10.6 Å². The monoisotopic (exact) mass is 358 g/mol. The molecule has 0 unspecified atom stereocenters. The van der Waals surface area contributed by atoms with E-state index in [0.29, 0.717) is 24.2 Å². The number of amides is 1.